The highest BCUT2D eigenvalue weighted by molar-refractivity contribution is 9.19. The summed E-state index contributed by atoms with van der Waals surface area (Å²) in [5, 5.41) is 3.65. The minimum atomic E-state index is -0.354. The molecule has 0 heterocycles. The van der Waals surface area contributed by atoms with E-state index in [-0.39, 0.29) is 16.0 Å². The molecule has 0 N–H and O–H groups in total. The van der Waals surface area contributed by atoms with Crippen molar-refractivity contribution >= 4 is 26.3 Å². The minimum absolute atomic E-state index is 0.0562. The molecule has 4 heteroatoms. The fourth-order valence-electron chi connectivity index (χ4n) is 0.374. The monoisotopic (exact) mass is 235 g/mol. The molecule has 0 rings (SSSR count). The third kappa shape index (κ3) is 5.29. The molecular formula is C8H14BrNO2. The van der Waals surface area contributed by atoms with Crippen molar-refractivity contribution in [2.75, 3.05) is 0 Å². The zero-order chi connectivity index (χ0) is 9.78. The van der Waals surface area contributed by atoms with Crippen LogP contribution < -0.4 is 0 Å². The molecule has 0 bridgehead atoms. The van der Waals surface area contributed by atoms with Crippen molar-refractivity contribution in [3.63, 3.8) is 0 Å². The summed E-state index contributed by atoms with van der Waals surface area (Å²) >= 11 is 3.03. The maximum Gasteiger partial charge on any atom is 0.191 e. The lowest BCUT2D eigenvalue weighted by atomic mass is 10.2. The molecule has 0 fully saturated rings. The maximum atomic E-state index is 11.0. The van der Waals surface area contributed by atoms with E-state index in [0.717, 1.165) is 0 Å². The second kappa shape index (κ2) is 4.60. The Balaban J connectivity index is 4.10. The lowest BCUT2D eigenvalue weighted by Crippen LogP contribution is -2.17. The summed E-state index contributed by atoms with van der Waals surface area (Å²) in [5.41, 5.74) is -0.354. The molecular weight excluding hydrogens is 222 g/mol. The largest absolute Gasteiger partial charge is 0.389 e. The Morgan fingerprint density at radius 3 is 2.33 bits per heavy atom. The first-order valence-corrected chi connectivity index (χ1v) is 4.61. The van der Waals surface area contributed by atoms with E-state index >= 15 is 0 Å². The van der Waals surface area contributed by atoms with Crippen molar-refractivity contribution in [2.45, 2.75) is 39.7 Å². The molecule has 0 aromatic heterocycles. The molecule has 0 spiro atoms. The highest BCUT2D eigenvalue weighted by Gasteiger charge is 2.12. The van der Waals surface area contributed by atoms with Crippen molar-refractivity contribution in [3.05, 3.63) is 0 Å². The average molecular weight is 236 g/mol. The average Bonchev–Trinajstić information content (AvgIpc) is 1.97. The van der Waals surface area contributed by atoms with Gasteiger partial charge in [0.15, 0.2) is 10.4 Å². The van der Waals surface area contributed by atoms with Crippen LogP contribution in [-0.2, 0) is 9.63 Å². The molecule has 0 amide bonds. The number of rotatable bonds is 3. The van der Waals surface area contributed by atoms with E-state index in [4.69, 9.17) is 4.84 Å². The molecule has 0 aliphatic carbocycles. The lowest BCUT2D eigenvalue weighted by molar-refractivity contribution is -0.112. The summed E-state index contributed by atoms with van der Waals surface area (Å²) in [6, 6.07) is 0. The first-order chi connectivity index (χ1) is 5.37. The molecule has 0 aromatic carbocycles. The highest BCUT2D eigenvalue weighted by atomic mass is 79.9. The van der Waals surface area contributed by atoms with Crippen LogP contribution in [0.25, 0.3) is 0 Å². The van der Waals surface area contributed by atoms with Crippen molar-refractivity contribution in [3.8, 4) is 0 Å². The molecule has 0 unspecified atom stereocenters. The Labute approximate surface area is 81.3 Å². The summed E-state index contributed by atoms with van der Waals surface area (Å²) in [6.45, 7) is 7.38. The van der Waals surface area contributed by atoms with E-state index in [1.807, 2.05) is 20.8 Å². The Morgan fingerprint density at radius 1 is 1.50 bits per heavy atom. The maximum absolute atomic E-state index is 11.0. The Kier molecular flexibility index (Phi) is 4.45. The van der Waals surface area contributed by atoms with Crippen molar-refractivity contribution < 1.29 is 9.63 Å². The zero-order valence-electron chi connectivity index (χ0n) is 7.85. The molecule has 0 saturated heterocycles. The molecule has 0 aliphatic heterocycles. The Bertz CT molecular complexity index is 194. The number of hydrogen-bond donors (Lipinski definition) is 0. The topological polar surface area (TPSA) is 38.7 Å². The van der Waals surface area contributed by atoms with E-state index in [1.54, 1.807) is 6.92 Å². The predicted octanol–water partition coefficient (Wildman–Crippen LogP) is 2.49. The van der Waals surface area contributed by atoms with Gasteiger partial charge in [-0.05, 0) is 36.7 Å². The number of halogens is 1. The Morgan fingerprint density at radius 2 is 2.00 bits per heavy atom. The molecule has 0 aromatic rings. The number of carbonyl (C=O) groups excluding carboxylic acids is 1. The van der Waals surface area contributed by atoms with Gasteiger partial charge in [0, 0.05) is 6.42 Å². The van der Waals surface area contributed by atoms with Crippen LogP contribution in [0.15, 0.2) is 5.16 Å². The van der Waals surface area contributed by atoms with Gasteiger partial charge in [-0.25, -0.2) is 0 Å². The van der Waals surface area contributed by atoms with Gasteiger partial charge >= 0.3 is 0 Å². The first kappa shape index (κ1) is 11.6. The Hall–Kier alpha value is -0.380. The van der Waals surface area contributed by atoms with Crippen LogP contribution in [0.1, 0.15) is 34.1 Å². The fourth-order valence-corrected chi connectivity index (χ4v) is 0.727. The zero-order valence-corrected chi connectivity index (χ0v) is 9.43. The van der Waals surface area contributed by atoms with Gasteiger partial charge in [0.2, 0.25) is 0 Å². The van der Waals surface area contributed by atoms with Gasteiger partial charge < -0.3 is 4.84 Å². The quantitative estimate of drug-likeness (QED) is 0.557. The number of carbonyl (C=O) groups is 1. The first-order valence-electron chi connectivity index (χ1n) is 3.81. The summed E-state index contributed by atoms with van der Waals surface area (Å²) in [4.78, 5) is 16.0. The van der Waals surface area contributed by atoms with E-state index in [9.17, 15) is 4.79 Å². The predicted molar refractivity (Wildman–Crippen MR) is 52.5 cm³/mol. The highest BCUT2D eigenvalue weighted by Crippen LogP contribution is 2.08. The smallest absolute Gasteiger partial charge is 0.191 e. The standard InChI is InChI=1S/C8H14BrNO2/c1-5-6(11)7(9)10-12-8(2,3)4/h5H2,1-4H3/b10-7-. The molecule has 0 saturated carbocycles. The van der Waals surface area contributed by atoms with Gasteiger partial charge in [-0.15, -0.1) is 0 Å². The number of nitrogens with zero attached hydrogens (tertiary/aromatic N) is 1. The molecule has 3 nitrogen and oxygen atoms in total. The van der Waals surface area contributed by atoms with Crippen LogP contribution >= 0.6 is 15.9 Å². The van der Waals surface area contributed by atoms with Gasteiger partial charge in [0.25, 0.3) is 0 Å². The van der Waals surface area contributed by atoms with Crippen LogP contribution in [0.3, 0.4) is 0 Å². The molecule has 0 aliphatic rings. The molecule has 12 heavy (non-hydrogen) atoms. The summed E-state index contributed by atoms with van der Waals surface area (Å²) in [7, 11) is 0. The molecule has 0 radical (unpaired) electrons. The van der Waals surface area contributed by atoms with Crippen LogP contribution in [0.4, 0.5) is 0 Å². The van der Waals surface area contributed by atoms with Crippen LogP contribution in [-0.4, -0.2) is 16.0 Å². The van der Waals surface area contributed by atoms with Crippen LogP contribution in [0.2, 0.25) is 0 Å². The fraction of sp³-hybridized carbons (Fsp3) is 0.750. The van der Waals surface area contributed by atoms with Crippen molar-refractivity contribution in [1.82, 2.24) is 0 Å². The third-order valence-corrected chi connectivity index (χ3v) is 1.54. The van der Waals surface area contributed by atoms with Crippen LogP contribution in [0, 0.1) is 0 Å². The third-order valence-electron chi connectivity index (χ3n) is 0.951. The van der Waals surface area contributed by atoms with Crippen LogP contribution in [0.5, 0.6) is 0 Å². The molecule has 0 atom stereocenters. The van der Waals surface area contributed by atoms with Gasteiger partial charge in [0.05, 0.1) is 0 Å². The van der Waals surface area contributed by atoms with E-state index in [1.165, 1.54) is 0 Å². The van der Waals surface area contributed by atoms with Gasteiger partial charge in [-0.3, -0.25) is 4.79 Å². The van der Waals surface area contributed by atoms with E-state index in [0.29, 0.717) is 6.42 Å². The number of Topliss-reactive ketones (excluding diaryl/α,β-unsaturated/α-hetero) is 1. The molecule has 70 valence electrons. The van der Waals surface area contributed by atoms with Gasteiger partial charge in [0.1, 0.15) is 5.60 Å². The summed E-state index contributed by atoms with van der Waals surface area (Å²) < 4.78 is 0.250. The normalized spacial score (nSPS) is 12.9. The lowest BCUT2D eigenvalue weighted by Gasteiger charge is -2.15. The summed E-state index contributed by atoms with van der Waals surface area (Å²) in [6.07, 6.45) is 0.428. The second-order valence-electron chi connectivity index (χ2n) is 3.36. The minimum Gasteiger partial charge on any atom is -0.389 e. The van der Waals surface area contributed by atoms with Crippen molar-refractivity contribution in [2.24, 2.45) is 5.16 Å². The van der Waals surface area contributed by atoms with Crippen molar-refractivity contribution in [1.29, 1.82) is 0 Å². The van der Waals surface area contributed by atoms with E-state index < -0.39 is 0 Å². The SMILES string of the molecule is CCC(=O)/C(Br)=N/OC(C)(C)C. The van der Waals surface area contributed by atoms with Gasteiger partial charge in [-0.1, -0.05) is 12.1 Å². The number of ketones is 1. The van der Waals surface area contributed by atoms with Gasteiger partial charge in [-0.2, -0.15) is 0 Å². The second-order valence-corrected chi connectivity index (χ2v) is 4.11. The number of oxime groups is 1. The van der Waals surface area contributed by atoms with E-state index in [2.05, 4.69) is 21.1 Å². The number of hydrogen-bond acceptors (Lipinski definition) is 3. The summed E-state index contributed by atoms with van der Waals surface area (Å²) in [5.74, 6) is -0.0562.